The summed E-state index contributed by atoms with van der Waals surface area (Å²) in [4.78, 5) is 75.3. The van der Waals surface area contributed by atoms with E-state index in [1.807, 2.05) is 0 Å². The van der Waals surface area contributed by atoms with Gasteiger partial charge in [-0.15, -0.1) is 5.10 Å². The quantitative estimate of drug-likeness (QED) is 0.0739. The molecule has 5 aromatic rings. The minimum atomic E-state index is -1.47. The summed E-state index contributed by atoms with van der Waals surface area (Å²) >= 11 is 0. The van der Waals surface area contributed by atoms with E-state index in [1.54, 1.807) is 0 Å². The number of aliphatic carboxylic acids is 2. The Hall–Kier alpha value is -6.92. The van der Waals surface area contributed by atoms with Crippen molar-refractivity contribution in [1.82, 2.24) is 24.9 Å². The van der Waals surface area contributed by atoms with Crippen LogP contribution in [0.5, 0.6) is 23.0 Å². The average molecular weight is 680 g/mol. The number of hydrogen-bond acceptors (Lipinski definition) is 14. The zero-order chi connectivity index (χ0) is 35.7. The number of carboxylic acid groups (broad SMARTS) is 2. The molecule has 0 saturated heterocycles. The molecule has 1 amide bonds. The number of benzene rings is 2. The topological polar surface area (TPSA) is 294 Å². The number of carbonyl (C=O) groups is 4. The van der Waals surface area contributed by atoms with Crippen LogP contribution in [0.25, 0.3) is 33.0 Å². The first-order valence-electron chi connectivity index (χ1n) is 14.0. The van der Waals surface area contributed by atoms with Gasteiger partial charge in [0, 0.05) is 31.8 Å². The summed E-state index contributed by atoms with van der Waals surface area (Å²) in [6, 6.07) is 2.38. The number of phenols is 4. The summed E-state index contributed by atoms with van der Waals surface area (Å²) in [5.41, 5.74) is -2.99. The van der Waals surface area contributed by atoms with E-state index in [0.29, 0.717) is 0 Å². The van der Waals surface area contributed by atoms with Crippen molar-refractivity contribution in [2.75, 3.05) is 0 Å². The number of aryl methyl sites for hydroxylation is 1. The van der Waals surface area contributed by atoms with E-state index in [-0.39, 0.29) is 39.6 Å². The van der Waals surface area contributed by atoms with Crippen molar-refractivity contribution in [2.45, 2.75) is 32.0 Å². The maximum Gasteiger partial charge on any atom is 0.375 e. The molecular weight excluding hydrogens is 654 g/mol. The van der Waals surface area contributed by atoms with Crippen molar-refractivity contribution < 1.29 is 59.0 Å². The molecule has 0 aliphatic rings. The lowest BCUT2D eigenvalue weighted by Gasteiger charge is -2.13. The van der Waals surface area contributed by atoms with Gasteiger partial charge >= 0.3 is 17.9 Å². The molecule has 0 fully saturated rings. The van der Waals surface area contributed by atoms with Crippen LogP contribution in [-0.4, -0.2) is 80.1 Å². The van der Waals surface area contributed by atoms with E-state index in [9.17, 15) is 54.3 Å². The Bertz CT molecular complexity index is 2310. The molecule has 0 bridgehead atoms. The third-order valence-corrected chi connectivity index (χ3v) is 7.25. The Kier molecular flexibility index (Phi) is 8.91. The molecule has 19 nitrogen and oxygen atoms in total. The van der Waals surface area contributed by atoms with Crippen LogP contribution in [0.3, 0.4) is 0 Å². The Labute approximate surface area is 271 Å². The van der Waals surface area contributed by atoms with E-state index in [4.69, 9.17) is 14.3 Å². The first-order chi connectivity index (χ1) is 23.1. The first kappa shape index (κ1) is 33.4. The van der Waals surface area contributed by atoms with Gasteiger partial charge in [0.2, 0.25) is 17.1 Å². The highest BCUT2D eigenvalue weighted by atomic mass is 16.5. The second-order valence-electron chi connectivity index (χ2n) is 10.7. The molecule has 0 radical (unpaired) electrons. The van der Waals surface area contributed by atoms with E-state index in [1.165, 1.54) is 24.0 Å². The van der Waals surface area contributed by atoms with Gasteiger partial charge in [-0.3, -0.25) is 19.2 Å². The van der Waals surface area contributed by atoms with Gasteiger partial charge < -0.3 is 49.7 Å². The Morgan fingerprint density at radius 1 is 0.918 bits per heavy atom. The number of nitrogens with zero attached hydrogens (tertiary/aromatic N) is 4. The highest BCUT2D eigenvalue weighted by Crippen LogP contribution is 2.33. The number of aromatic nitrogens is 4. The number of carbonyl (C=O) groups excluding carboxylic acids is 2. The standard InChI is InChI=1S/C30H25N5O14/c1-34-9-15(26(43)13-4-18(36)20(38)6-17(13)34)25-27(44)14-5-19(37)21(39)7-22(14)49-28(25)30(47)48-11-12-8-35(33-32-12)10-23(40)31-16(29(45)46)2-3-24(41)42/h4-9,16,36-39H,2-3,10-11H2,1H3,(H,31,40)(H,41,42)(H,45,46)/t16-/m0/s1. The predicted octanol–water partition coefficient (Wildman–Crippen LogP) is 0.517. The normalized spacial score (nSPS) is 11.8. The molecule has 254 valence electrons. The van der Waals surface area contributed by atoms with Gasteiger partial charge in [0.1, 0.15) is 30.5 Å². The highest BCUT2D eigenvalue weighted by Gasteiger charge is 2.28. The fourth-order valence-electron chi connectivity index (χ4n) is 4.89. The number of fused-ring (bicyclic) bond motifs is 2. The van der Waals surface area contributed by atoms with E-state index in [2.05, 4.69) is 15.6 Å². The minimum absolute atomic E-state index is 0.0223. The number of carboxylic acids is 2. The lowest BCUT2D eigenvalue weighted by molar-refractivity contribution is -0.143. The zero-order valence-corrected chi connectivity index (χ0v) is 25.1. The number of esters is 1. The molecule has 0 unspecified atom stereocenters. The molecule has 3 heterocycles. The second kappa shape index (κ2) is 13.1. The molecule has 7 N–H and O–H groups in total. The first-order valence-corrected chi connectivity index (χ1v) is 14.0. The summed E-state index contributed by atoms with van der Waals surface area (Å²) < 4.78 is 13.3. The molecule has 2 aromatic carbocycles. The van der Waals surface area contributed by atoms with Crippen molar-refractivity contribution in [1.29, 1.82) is 0 Å². The SMILES string of the molecule is Cn1cc(-c2c(C(=O)OCc3cn(CC(=O)N[C@@H](CCC(=O)O)C(=O)O)nn3)oc3cc(O)c(O)cc3c2=O)c(=O)c2cc(O)c(O)cc21. The fraction of sp³-hybridized carbons (Fsp3) is 0.200. The number of amides is 1. The molecule has 3 aromatic heterocycles. The largest absolute Gasteiger partial charge is 0.504 e. The third-order valence-electron chi connectivity index (χ3n) is 7.25. The molecule has 19 heteroatoms. The number of ether oxygens (including phenoxy) is 1. The monoisotopic (exact) mass is 679 g/mol. The fourth-order valence-corrected chi connectivity index (χ4v) is 4.89. The van der Waals surface area contributed by atoms with Crippen LogP contribution in [0.1, 0.15) is 29.1 Å². The summed E-state index contributed by atoms with van der Waals surface area (Å²) in [5, 5.41) is 67.2. The number of nitrogens with one attached hydrogen (secondary N) is 1. The van der Waals surface area contributed by atoms with E-state index >= 15 is 0 Å². The second-order valence-corrected chi connectivity index (χ2v) is 10.7. The van der Waals surface area contributed by atoms with Gasteiger partial charge in [0.05, 0.1) is 33.6 Å². The number of pyridine rings is 1. The smallest absolute Gasteiger partial charge is 0.375 e. The maximum atomic E-state index is 13.8. The minimum Gasteiger partial charge on any atom is -0.504 e. The van der Waals surface area contributed by atoms with Gasteiger partial charge in [-0.2, -0.15) is 0 Å². The van der Waals surface area contributed by atoms with Crippen LogP contribution in [0.4, 0.5) is 0 Å². The third kappa shape index (κ3) is 6.80. The molecule has 5 rings (SSSR count). The lowest BCUT2D eigenvalue weighted by atomic mass is 10.0. The van der Waals surface area contributed by atoms with Crippen molar-refractivity contribution in [3.05, 3.63) is 68.6 Å². The summed E-state index contributed by atoms with van der Waals surface area (Å²) in [5.74, 6) is -8.10. The number of rotatable bonds is 11. The number of phenolic OH excluding ortho intramolecular Hbond substituents is 4. The molecule has 0 aliphatic heterocycles. The molecule has 1 atom stereocenters. The molecule has 0 aliphatic carbocycles. The maximum absolute atomic E-state index is 13.8. The molecule has 0 spiro atoms. The summed E-state index contributed by atoms with van der Waals surface area (Å²) in [7, 11) is 1.47. The Morgan fingerprint density at radius 3 is 2.24 bits per heavy atom. The van der Waals surface area contributed by atoms with Crippen LogP contribution in [0, 0.1) is 0 Å². The molecular formula is C30H25N5O14. The van der Waals surface area contributed by atoms with Crippen molar-refractivity contribution >= 4 is 45.7 Å². The highest BCUT2D eigenvalue weighted by molar-refractivity contribution is 5.99. The van der Waals surface area contributed by atoms with Crippen LogP contribution in [0.2, 0.25) is 0 Å². The van der Waals surface area contributed by atoms with Crippen molar-refractivity contribution in [3.63, 3.8) is 0 Å². The summed E-state index contributed by atoms with van der Waals surface area (Å²) in [6.45, 7) is -1.14. The average Bonchev–Trinajstić information content (AvgIpc) is 3.48. The Morgan fingerprint density at radius 2 is 1.57 bits per heavy atom. The van der Waals surface area contributed by atoms with Crippen molar-refractivity contribution in [3.8, 4) is 34.1 Å². The van der Waals surface area contributed by atoms with Crippen LogP contribution in [-0.2, 0) is 39.3 Å². The van der Waals surface area contributed by atoms with Crippen LogP contribution in [0.15, 0.2) is 50.7 Å². The molecule has 0 saturated carbocycles. The number of aromatic hydroxyl groups is 4. The number of hydrogen-bond donors (Lipinski definition) is 7. The van der Waals surface area contributed by atoms with Gasteiger partial charge in [0.15, 0.2) is 28.4 Å². The Balaban J connectivity index is 1.46. The van der Waals surface area contributed by atoms with E-state index < -0.39 is 94.6 Å². The van der Waals surface area contributed by atoms with E-state index in [0.717, 1.165) is 28.9 Å². The van der Waals surface area contributed by atoms with Gasteiger partial charge in [0.25, 0.3) is 0 Å². The molecule has 49 heavy (non-hydrogen) atoms. The van der Waals surface area contributed by atoms with Crippen molar-refractivity contribution in [2.24, 2.45) is 7.05 Å². The van der Waals surface area contributed by atoms with Crippen LogP contribution < -0.4 is 16.2 Å². The predicted molar refractivity (Wildman–Crippen MR) is 163 cm³/mol. The van der Waals surface area contributed by atoms with Gasteiger partial charge in [-0.1, -0.05) is 5.21 Å². The summed E-state index contributed by atoms with van der Waals surface area (Å²) in [6.07, 6.45) is 1.50. The van der Waals surface area contributed by atoms with Gasteiger partial charge in [-0.05, 0) is 18.6 Å². The lowest BCUT2D eigenvalue weighted by Crippen LogP contribution is -2.42. The zero-order valence-electron chi connectivity index (χ0n) is 25.1. The van der Waals surface area contributed by atoms with Crippen LogP contribution >= 0.6 is 0 Å². The van der Waals surface area contributed by atoms with Gasteiger partial charge in [-0.25, -0.2) is 14.3 Å².